The molecule has 1 aromatic carbocycles. The molecule has 0 spiro atoms. The van der Waals surface area contributed by atoms with E-state index in [1.165, 1.54) is 18.2 Å². The van der Waals surface area contributed by atoms with E-state index in [2.05, 4.69) is 6.58 Å². The van der Waals surface area contributed by atoms with Gasteiger partial charge in [-0.2, -0.15) is 13.2 Å². The lowest BCUT2D eigenvalue weighted by atomic mass is 9.89. The van der Waals surface area contributed by atoms with Crippen LogP contribution in [0, 0.1) is 5.41 Å². The number of hydrogen-bond acceptors (Lipinski definition) is 1. The molecule has 2 rings (SSSR count). The van der Waals surface area contributed by atoms with E-state index in [1.807, 2.05) is 19.1 Å². The Hall–Kier alpha value is -2.04. The normalized spacial score (nSPS) is 22.3. The van der Waals surface area contributed by atoms with Gasteiger partial charge in [-0.25, -0.2) is 0 Å². The maximum Gasteiger partial charge on any atom is 0.416 e. The van der Waals surface area contributed by atoms with Crippen LogP contribution >= 0.6 is 0 Å². The number of likely N-dealkylation sites (tertiary alicyclic amines) is 1. The molecule has 1 amide bonds. The number of halogens is 3. The van der Waals surface area contributed by atoms with Crippen LogP contribution in [0.3, 0.4) is 0 Å². The number of hydrogen-bond donors (Lipinski definition) is 0. The zero-order valence-corrected chi connectivity index (χ0v) is 12.4. The van der Waals surface area contributed by atoms with Crippen LogP contribution in [0.1, 0.15) is 24.5 Å². The first-order valence-corrected chi connectivity index (χ1v) is 7.01. The first kappa shape index (κ1) is 16.3. The number of benzene rings is 1. The van der Waals surface area contributed by atoms with Crippen molar-refractivity contribution >= 4 is 12.0 Å². The van der Waals surface area contributed by atoms with Crippen molar-refractivity contribution in [2.24, 2.45) is 5.41 Å². The molecule has 0 aromatic heterocycles. The molecule has 0 bridgehead atoms. The van der Waals surface area contributed by atoms with Crippen LogP contribution < -0.4 is 0 Å². The minimum Gasteiger partial charge on any atom is -0.338 e. The van der Waals surface area contributed by atoms with Gasteiger partial charge in [-0.15, -0.1) is 0 Å². The van der Waals surface area contributed by atoms with Crippen LogP contribution in [0.5, 0.6) is 0 Å². The van der Waals surface area contributed by atoms with Crippen molar-refractivity contribution in [2.75, 3.05) is 13.1 Å². The summed E-state index contributed by atoms with van der Waals surface area (Å²) in [6.45, 7) is 6.76. The van der Waals surface area contributed by atoms with E-state index in [9.17, 15) is 18.0 Å². The van der Waals surface area contributed by atoms with Crippen LogP contribution in [0.4, 0.5) is 13.2 Å². The lowest BCUT2D eigenvalue weighted by Crippen LogP contribution is -2.28. The van der Waals surface area contributed by atoms with E-state index in [-0.39, 0.29) is 11.3 Å². The van der Waals surface area contributed by atoms with E-state index in [0.717, 1.165) is 18.6 Å². The minimum absolute atomic E-state index is 0.0911. The fourth-order valence-electron chi connectivity index (χ4n) is 2.52. The maximum absolute atomic E-state index is 12.5. The van der Waals surface area contributed by atoms with Gasteiger partial charge in [0.25, 0.3) is 0 Å². The Morgan fingerprint density at radius 3 is 2.50 bits per heavy atom. The van der Waals surface area contributed by atoms with Crippen molar-refractivity contribution in [1.29, 1.82) is 0 Å². The third-order valence-corrected chi connectivity index (χ3v) is 3.91. The highest BCUT2D eigenvalue weighted by Gasteiger charge is 2.33. The van der Waals surface area contributed by atoms with Gasteiger partial charge in [0.15, 0.2) is 0 Å². The topological polar surface area (TPSA) is 20.3 Å². The van der Waals surface area contributed by atoms with Crippen molar-refractivity contribution in [2.45, 2.75) is 19.5 Å². The lowest BCUT2D eigenvalue weighted by molar-refractivity contribution is -0.137. The van der Waals surface area contributed by atoms with Crippen molar-refractivity contribution in [3.63, 3.8) is 0 Å². The number of carbonyl (C=O) groups excluding carboxylic acids is 1. The van der Waals surface area contributed by atoms with Gasteiger partial charge in [0.1, 0.15) is 0 Å². The first-order chi connectivity index (χ1) is 10.2. The standard InChI is InChI=1S/C17H18F3NO/c1-3-15(22)21-11-10-16(2,12-21)9-8-13-4-6-14(7-5-13)17(18,19)20/h3-9H,1,10-12H2,2H3/b9-8+/t16-/m1/s1. The molecule has 2 nitrogen and oxygen atoms in total. The van der Waals surface area contributed by atoms with Crippen LogP contribution in [-0.4, -0.2) is 23.9 Å². The number of amides is 1. The van der Waals surface area contributed by atoms with E-state index >= 15 is 0 Å². The Balaban J connectivity index is 2.06. The molecule has 1 heterocycles. The van der Waals surface area contributed by atoms with E-state index < -0.39 is 11.7 Å². The summed E-state index contributed by atoms with van der Waals surface area (Å²) in [5, 5.41) is 0. The van der Waals surface area contributed by atoms with E-state index in [1.54, 1.807) is 4.90 Å². The van der Waals surface area contributed by atoms with E-state index in [0.29, 0.717) is 18.7 Å². The van der Waals surface area contributed by atoms with E-state index in [4.69, 9.17) is 0 Å². The number of alkyl halides is 3. The molecule has 0 unspecified atom stereocenters. The average molecular weight is 309 g/mol. The summed E-state index contributed by atoms with van der Waals surface area (Å²) in [6, 6.07) is 5.04. The summed E-state index contributed by atoms with van der Waals surface area (Å²) in [6.07, 6.45) is 1.58. The minimum atomic E-state index is -4.31. The zero-order valence-electron chi connectivity index (χ0n) is 12.4. The molecule has 5 heteroatoms. The molecule has 22 heavy (non-hydrogen) atoms. The van der Waals surface area contributed by atoms with Crippen molar-refractivity contribution in [3.8, 4) is 0 Å². The van der Waals surface area contributed by atoms with Gasteiger partial charge in [0.05, 0.1) is 5.56 Å². The molecule has 0 radical (unpaired) electrons. The quantitative estimate of drug-likeness (QED) is 0.768. The van der Waals surface area contributed by atoms with Crippen molar-refractivity contribution in [3.05, 3.63) is 54.1 Å². The molecule has 0 aliphatic carbocycles. The summed E-state index contributed by atoms with van der Waals surface area (Å²) in [5.74, 6) is -0.0911. The zero-order chi connectivity index (χ0) is 16.4. The maximum atomic E-state index is 12.5. The molecule has 1 fully saturated rings. The van der Waals surface area contributed by atoms with Crippen LogP contribution in [0.2, 0.25) is 0 Å². The summed E-state index contributed by atoms with van der Waals surface area (Å²) in [5.41, 5.74) is -0.108. The SMILES string of the molecule is C=CC(=O)N1CC[C@@](C)(/C=C/c2ccc(C(F)(F)F)cc2)C1. The van der Waals surface area contributed by atoms with Gasteiger partial charge in [-0.3, -0.25) is 4.79 Å². The Morgan fingerprint density at radius 1 is 1.32 bits per heavy atom. The molecule has 1 aliphatic heterocycles. The number of nitrogens with zero attached hydrogens (tertiary/aromatic N) is 1. The van der Waals surface area contributed by atoms with Gasteiger partial charge in [0, 0.05) is 18.5 Å². The van der Waals surface area contributed by atoms with Gasteiger partial charge in [-0.1, -0.05) is 37.8 Å². The summed E-state index contributed by atoms with van der Waals surface area (Å²) in [7, 11) is 0. The smallest absolute Gasteiger partial charge is 0.338 e. The fraction of sp³-hybridized carbons (Fsp3) is 0.353. The third-order valence-electron chi connectivity index (χ3n) is 3.91. The monoisotopic (exact) mass is 309 g/mol. The Kier molecular flexibility index (Phi) is 4.44. The molecule has 0 saturated carbocycles. The van der Waals surface area contributed by atoms with Gasteiger partial charge >= 0.3 is 6.18 Å². The van der Waals surface area contributed by atoms with Gasteiger partial charge in [0.2, 0.25) is 5.91 Å². The second-order valence-corrected chi connectivity index (χ2v) is 5.82. The lowest BCUT2D eigenvalue weighted by Gasteiger charge is -2.20. The Morgan fingerprint density at radius 2 is 1.95 bits per heavy atom. The largest absolute Gasteiger partial charge is 0.416 e. The molecule has 1 saturated heterocycles. The highest BCUT2D eigenvalue weighted by molar-refractivity contribution is 5.87. The number of rotatable bonds is 3. The molecule has 0 N–H and O–H groups in total. The summed E-state index contributed by atoms with van der Waals surface area (Å²) >= 11 is 0. The predicted octanol–water partition coefficient (Wildman–Crippen LogP) is 4.14. The summed E-state index contributed by atoms with van der Waals surface area (Å²) in [4.78, 5) is 13.3. The van der Waals surface area contributed by atoms with Crippen LogP contribution in [0.15, 0.2) is 43.0 Å². The van der Waals surface area contributed by atoms with Gasteiger partial charge in [-0.05, 0) is 30.2 Å². The summed E-state index contributed by atoms with van der Waals surface area (Å²) < 4.78 is 37.5. The fourth-order valence-corrected chi connectivity index (χ4v) is 2.52. The van der Waals surface area contributed by atoms with Crippen LogP contribution in [-0.2, 0) is 11.0 Å². The molecule has 1 atom stereocenters. The molecule has 118 valence electrons. The third kappa shape index (κ3) is 3.78. The van der Waals surface area contributed by atoms with Gasteiger partial charge < -0.3 is 4.90 Å². The van der Waals surface area contributed by atoms with Crippen LogP contribution in [0.25, 0.3) is 6.08 Å². The molecule has 1 aromatic rings. The number of carbonyl (C=O) groups is 1. The molecular formula is C17H18F3NO. The van der Waals surface area contributed by atoms with Crippen molar-refractivity contribution < 1.29 is 18.0 Å². The molecular weight excluding hydrogens is 291 g/mol. The average Bonchev–Trinajstić information content (AvgIpc) is 2.87. The Bertz CT molecular complexity index is 589. The highest BCUT2D eigenvalue weighted by atomic mass is 19.4. The Labute approximate surface area is 127 Å². The second-order valence-electron chi connectivity index (χ2n) is 5.82. The second kappa shape index (κ2) is 5.99. The first-order valence-electron chi connectivity index (χ1n) is 7.01. The predicted molar refractivity (Wildman–Crippen MR) is 80.0 cm³/mol. The molecule has 1 aliphatic rings. The van der Waals surface area contributed by atoms with Crippen molar-refractivity contribution in [1.82, 2.24) is 4.90 Å². The highest BCUT2D eigenvalue weighted by Crippen LogP contribution is 2.33.